The minimum atomic E-state index is -0.378. The largest absolute Gasteiger partial charge is 0.330 e. The SMILES string of the molecule is Cc1ncc2n1CCN(CC(=O)c1cc(C)n(-c3ccc(F)cn3)c1C)C2. The summed E-state index contributed by atoms with van der Waals surface area (Å²) in [5.74, 6) is 1.34. The number of hydrogen-bond donors (Lipinski definition) is 0. The van der Waals surface area contributed by atoms with Crippen molar-refractivity contribution in [1.29, 1.82) is 0 Å². The van der Waals surface area contributed by atoms with Crippen molar-refractivity contribution in [3.05, 3.63) is 64.9 Å². The molecule has 0 saturated heterocycles. The fourth-order valence-corrected chi connectivity index (χ4v) is 3.82. The zero-order valence-electron chi connectivity index (χ0n) is 15.7. The molecule has 0 bridgehead atoms. The van der Waals surface area contributed by atoms with Crippen LogP contribution in [0.3, 0.4) is 0 Å². The topological polar surface area (TPSA) is 56.0 Å². The van der Waals surface area contributed by atoms with Crippen molar-refractivity contribution in [2.75, 3.05) is 13.1 Å². The summed E-state index contributed by atoms with van der Waals surface area (Å²) in [5.41, 5.74) is 3.57. The number of pyridine rings is 1. The van der Waals surface area contributed by atoms with Crippen LogP contribution in [0.2, 0.25) is 0 Å². The van der Waals surface area contributed by atoms with Crippen LogP contribution in [0.5, 0.6) is 0 Å². The maximum absolute atomic E-state index is 13.2. The normalized spacial score (nSPS) is 14.4. The van der Waals surface area contributed by atoms with Crippen LogP contribution in [-0.2, 0) is 13.1 Å². The summed E-state index contributed by atoms with van der Waals surface area (Å²) in [7, 11) is 0. The summed E-state index contributed by atoms with van der Waals surface area (Å²) in [5, 5.41) is 0. The van der Waals surface area contributed by atoms with Crippen molar-refractivity contribution < 1.29 is 9.18 Å². The van der Waals surface area contributed by atoms with E-state index in [0.717, 1.165) is 42.5 Å². The number of hydrogen-bond acceptors (Lipinski definition) is 4. The molecule has 0 unspecified atom stereocenters. The highest BCUT2D eigenvalue weighted by atomic mass is 19.1. The van der Waals surface area contributed by atoms with Crippen LogP contribution in [0.15, 0.2) is 30.6 Å². The van der Waals surface area contributed by atoms with Gasteiger partial charge in [-0.25, -0.2) is 14.4 Å². The molecule has 27 heavy (non-hydrogen) atoms. The molecule has 140 valence electrons. The van der Waals surface area contributed by atoms with E-state index in [4.69, 9.17) is 0 Å². The number of carbonyl (C=O) groups excluding carboxylic acids is 1. The summed E-state index contributed by atoms with van der Waals surface area (Å²) in [4.78, 5) is 23.6. The number of nitrogens with zero attached hydrogens (tertiary/aromatic N) is 5. The molecule has 1 aliphatic rings. The summed E-state index contributed by atoms with van der Waals surface area (Å²) < 4.78 is 17.3. The summed E-state index contributed by atoms with van der Waals surface area (Å²) in [6.45, 7) is 8.61. The molecule has 7 heteroatoms. The first kappa shape index (κ1) is 17.6. The molecule has 4 rings (SSSR count). The molecule has 6 nitrogen and oxygen atoms in total. The molecule has 0 radical (unpaired) electrons. The molecule has 4 heterocycles. The highest BCUT2D eigenvalue weighted by Crippen LogP contribution is 2.21. The van der Waals surface area contributed by atoms with Crippen molar-refractivity contribution in [1.82, 2.24) is 24.0 Å². The van der Waals surface area contributed by atoms with Gasteiger partial charge in [0.15, 0.2) is 5.78 Å². The van der Waals surface area contributed by atoms with Crippen molar-refractivity contribution >= 4 is 5.78 Å². The smallest absolute Gasteiger partial charge is 0.178 e. The molecule has 0 amide bonds. The molecule has 3 aromatic rings. The van der Waals surface area contributed by atoms with E-state index in [1.807, 2.05) is 37.6 Å². The number of ketones is 1. The third-order valence-corrected chi connectivity index (χ3v) is 5.20. The van der Waals surface area contributed by atoms with Gasteiger partial charge in [0.1, 0.15) is 17.5 Å². The van der Waals surface area contributed by atoms with Gasteiger partial charge in [-0.1, -0.05) is 0 Å². The number of aromatic nitrogens is 4. The van der Waals surface area contributed by atoms with Crippen LogP contribution in [-0.4, -0.2) is 42.9 Å². The van der Waals surface area contributed by atoms with Gasteiger partial charge in [-0.2, -0.15) is 0 Å². The maximum Gasteiger partial charge on any atom is 0.178 e. The second-order valence-corrected chi connectivity index (χ2v) is 7.04. The number of fused-ring (bicyclic) bond motifs is 1. The van der Waals surface area contributed by atoms with E-state index in [1.54, 1.807) is 6.07 Å². The first-order valence-corrected chi connectivity index (χ1v) is 9.01. The quantitative estimate of drug-likeness (QED) is 0.666. The van der Waals surface area contributed by atoms with Crippen molar-refractivity contribution in [2.45, 2.75) is 33.9 Å². The Morgan fingerprint density at radius 1 is 1.15 bits per heavy atom. The van der Waals surface area contributed by atoms with E-state index < -0.39 is 0 Å². The van der Waals surface area contributed by atoms with Crippen LogP contribution in [0.25, 0.3) is 5.82 Å². The van der Waals surface area contributed by atoms with E-state index >= 15 is 0 Å². The molecule has 0 spiro atoms. The summed E-state index contributed by atoms with van der Waals surface area (Å²) in [6.07, 6.45) is 3.08. The Kier molecular flexibility index (Phi) is 4.39. The Labute approximate surface area is 157 Å². The zero-order valence-corrected chi connectivity index (χ0v) is 15.7. The van der Waals surface area contributed by atoms with Gasteiger partial charge in [0, 0.05) is 42.8 Å². The molecule has 0 aliphatic carbocycles. The molecule has 0 atom stereocenters. The summed E-state index contributed by atoms with van der Waals surface area (Å²) >= 11 is 0. The minimum absolute atomic E-state index is 0.0844. The zero-order chi connectivity index (χ0) is 19.1. The Hall–Kier alpha value is -2.80. The van der Waals surface area contributed by atoms with Gasteiger partial charge in [-0.05, 0) is 39.0 Å². The first-order valence-electron chi connectivity index (χ1n) is 9.01. The molecule has 0 N–H and O–H groups in total. The van der Waals surface area contributed by atoms with E-state index in [-0.39, 0.29) is 11.6 Å². The number of carbonyl (C=O) groups is 1. The lowest BCUT2D eigenvalue weighted by atomic mass is 10.1. The van der Waals surface area contributed by atoms with Crippen LogP contribution >= 0.6 is 0 Å². The third-order valence-electron chi connectivity index (χ3n) is 5.20. The Bertz CT molecular complexity index is 1000. The average molecular weight is 367 g/mol. The fourth-order valence-electron chi connectivity index (χ4n) is 3.82. The first-order chi connectivity index (χ1) is 12.9. The number of Topliss-reactive ketones (excluding diaryl/α,β-unsaturated/α-hetero) is 1. The lowest BCUT2D eigenvalue weighted by Gasteiger charge is -2.27. The van der Waals surface area contributed by atoms with Gasteiger partial charge < -0.3 is 9.13 Å². The Morgan fingerprint density at radius 2 is 1.96 bits per heavy atom. The number of imidazole rings is 1. The van der Waals surface area contributed by atoms with E-state index in [2.05, 4.69) is 19.4 Å². The monoisotopic (exact) mass is 367 g/mol. The lowest BCUT2D eigenvalue weighted by molar-refractivity contribution is 0.0909. The third kappa shape index (κ3) is 3.19. The molecule has 1 aliphatic heterocycles. The predicted octanol–water partition coefficient (Wildman–Crippen LogP) is 2.83. The van der Waals surface area contributed by atoms with Crippen LogP contribution in [0.4, 0.5) is 4.39 Å². The van der Waals surface area contributed by atoms with E-state index in [0.29, 0.717) is 17.9 Å². The summed E-state index contributed by atoms with van der Waals surface area (Å²) in [6, 6.07) is 4.89. The van der Waals surface area contributed by atoms with E-state index in [1.165, 1.54) is 12.3 Å². The second kappa shape index (κ2) is 6.74. The maximum atomic E-state index is 13.2. The van der Waals surface area contributed by atoms with Gasteiger partial charge in [0.05, 0.1) is 18.4 Å². The Morgan fingerprint density at radius 3 is 2.70 bits per heavy atom. The van der Waals surface area contributed by atoms with Crippen molar-refractivity contribution in [3.8, 4) is 5.82 Å². The van der Waals surface area contributed by atoms with Crippen molar-refractivity contribution in [3.63, 3.8) is 0 Å². The van der Waals surface area contributed by atoms with Crippen LogP contribution in [0.1, 0.15) is 33.3 Å². The second-order valence-electron chi connectivity index (χ2n) is 7.04. The number of halogens is 1. The van der Waals surface area contributed by atoms with Gasteiger partial charge in [-0.15, -0.1) is 0 Å². The highest BCUT2D eigenvalue weighted by molar-refractivity contribution is 5.99. The van der Waals surface area contributed by atoms with Crippen LogP contribution < -0.4 is 0 Å². The standard InChI is InChI=1S/C20H22FN5O/c1-13-8-18(14(2)26(13)20-5-4-16(21)9-23-20)19(27)12-24-6-7-25-15(3)22-10-17(25)11-24/h4-5,8-10H,6-7,11-12H2,1-3H3. The van der Waals surface area contributed by atoms with Gasteiger partial charge >= 0.3 is 0 Å². The molecular formula is C20H22FN5O. The number of rotatable bonds is 4. The molecule has 3 aromatic heterocycles. The predicted molar refractivity (Wildman–Crippen MR) is 99.6 cm³/mol. The van der Waals surface area contributed by atoms with Crippen LogP contribution in [0, 0.1) is 26.6 Å². The molecule has 0 fully saturated rings. The fraction of sp³-hybridized carbons (Fsp3) is 0.350. The van der Waals surface area contributed by atoms with Gasteiger partial charge in [0.2, 0.25) is 0 Å². The van der Waals surface area contributed by atoms with Crippen molar-refractivity contribution in [2.24, 2.45) is 0 Å². The van der Waals surface area contributed by atoms with Gasteiger partial charge in [-0.3, -0.25) is 9.69 Å². The average Bonchev–Trinajstić information content (AvgIpc) is 3.15. The molecule has 0 saturated carbocycles. The molecular weight excluding hydrogens is 345 g/mol. The van der Waals surface area contributed by atoms with Gasteiger partial charge in [0.25, 0.3) is 0 Å². The lowest BCUT2D eigenvalue weighted by Crippen LogP contribution is -2.37. The Balaban J connectivity index is 1.55. The van der Waals surface area contributed by atoms with E-state index in [9.17, 15) is 9.18 Å². The minimum Gasteiger partial charge on any atom is -0.330 e. The number of aryl methyl sites for hydroxylation is 2. The molecule has 0 aromatic carbocycles. The highest BCUT2D eigenvalue weighted by Gasteiger charge is 2.23.